The zero-order valence-corrected chi connectivity index (χ0v) is 26.8. The lowest BCUT2D eigenvalue weighted by atomic mass is 9.85. The van der Waals surface area contributed by atoms with E-state index in [0.717, 1.165) is 11.1 Å². The minimum absolute atomic E-state index is 0.101. The number of H-pyrrole nitrogens is 1. The molecule has 4 rings (SSSR count). The summed E-state index contributed by atoms with van der Waals surface area (Å²) in [4.78, 5) is 63.1. The molecule has 1 saturated carbocycles. The maximum absolute atomic E-state index is 13.4. The van der Waals surface area contributed by atoms with Crippen LogP contribution in [0.5, 0.6) is 5.75 Å². The van der Waals surface area contributed by atoms with E-state index in [0.29, 0.717) is 37.6 Å². The standard InChI is InChI=1S/C22H37N3O6.C9H8N2O2/c1-8-13-12-22(13,18(28)29)24-16(26)14-10-9-11-25(14)17(27)15(20(2,3)4)23-19(30)31-21(5,6)7;1-13-7-2-3-8-6(4-7)5-10-11-9(8)12/h13-15H,8-12H2,1-7H3,(H,23,30)(H,24,26)(H,28,29);2-5H,1H3,(H,11,12)/t13?,14?,15-,22?;/m1./s1. The number of carboxylic acid groups (broad SMARTS) is 1. The van der Waals surface area contributed by atoms with E-state index < -0.39 is 46.6 Å². The van der Waals surface area contributed by atoms with E-state index >= 15 is 0 Å². The highest BCUT2D eigenvalue weighted by Crippen LogP contribution is 2.46. The number of hydrogen-bond acceptors (Lipinski definition) is 8. The number of ether oxygens (including phenoxy) is 2. The summed E-state index contributed by atoms with van der Waals surface area (Å²) in [5.74, 6) is -1.24. The molecule has 2 fully saturated rings. The van der Waals surface area contributed by atoms with Gasteiger partial charge in [-0.1, -0.05) is 34.1 Å². The summed E-state index contributed by atoms with van der Waals surface area (Å²) >= 11 is 0. The molecule has 0 spiro atoms. The van der Waals surface area contributed by atoms with Crippen molar-refractivity contribution in [2.45, 2.75) is 97.4 Å². The highest BCUT2D eigenvalue weighted by atomic mass is 16.6. The van der Waals surface area contributed by atoms with Gasteiger partial charge in [0.2, 0.25) is 11.8 Å². The van der Waals surface area contributed by atoms with E-state index in [4.69, 9.17) is 9.47 Å². The van der Waals surface area contributed by atoms with Crippen molar-refractivity contribution >= 4 is 34.6 Å². The zero-order chi connectivity index (χ0) is 33.0. The number of hydrogen-bond donors (Lipinski definition) is 4. The molecule has 1 aliphatic carbocycles. The molecule has 1 saturated heterocycles. The quantitative estimate of drug-likeness (QED) is 0.364. The van der Waals surface area contributed by atoms with Crippen LogP contribution < -0.4 is 20.9 Å². The summed E-state index contributed by atoms with van der Waals surface area (Å²) < 4.78 is 10.3. The minimum Gasteiger partial charge on any atom is -0.497 e. The molecule has 13 heteroatoms. The molecule has 13 nitrogen and oxygen atoms in total. The molecule has 242 valence electrons. The Kier molecular flexibility index (Phi) is 10.3. The molecule has 0 bridgehead atoms. The number of rotatable bonds is 7. The highest BCUT2D eigenvalue weighted by molar-refractivity contribution is 5.96. The molecule has 1 aliphatic heterocycles. The number of carbonyl (C=O) groups excluding carboxylic acids is 3. The fourth-order valence-electron chi connectivity index (χ4n) is 5.34. The largest absolute Gasteiger partial charge is 0.497 e. The SMILES string of the molecule is CCC1CC1(NC(=O)C1CCCN1C(=O)[C@@H](NC(=O)OC(C)(C)C)C(C)(C)C)C(=O)O.COc1ccc2c(=O)[nH]ncc2c1. The fraction of sp³-hybridized carbons (Fsp3) is 0.613. The molecule has 3 unspecified atom stereocenters. The number of benzene rings is 1. The maximum Gasteiger partial charge on any atom is 0.408 e. The third-order valence-corrected chi connectivity index (χ3v) is 7.81. The van der Waals surface area contributed by atoms with Gasteiger partial charge < -0.3 is 30.1 Å². The van der Waals surface area contributed by atoms with Crippen LogP contribution >= 0.6 is 0 Å². The molecular formula is C31H45N5O8. The van der Waals surface area contributed by atoms with Gasteiger partial charge in [0.1, 0.15) is 29.0 Å². The van der Waals surface area contributed by atoms with Gasteiger partial charge in [-0.25, -0.2) is 14.7 Å². The van der Waals surface area contributed by atoms with Crippen molar-refractivity contribution in [2.75, 3.05) is 13.7 Å². The predicted molar refractivity (Wildman–Crippen MR) is 163 cm³/mol. The molecule has 4 atom stereocenters. The van der Waals surface area contributed by atoms with Crippen molar-refractivity contribution in [3.63, 3.8) is 0 Å². The van der Waals surface area contributed by atoms with Crippen molar-refractivity contribution in [1.82, 2.24) is 25.7 Å². The molecule has 4 N–H and O–H groups in total. The molecular weight excluding hydrogens is 570 g/mol. The Bertz CT molecular complexity index is 1440. The van der Waals surface area contributed by atoms with E-state index in [2.05, 4.69) is 20.8 Å². The van der Waals surface area contributed by atoms with Crippen LogP contribution in [0, 0.1) is 11.3 Å². The number of carboxylic acids is 1. The molecule has 1 aromatic carbocycles. The van der Waals surface area contributed by atoms with E-state index in [1.165, 1.54) is 4.90 Å². The summed E-state index contributed by atoms with van der Waals surface area (Å²) in [6.07, 6.45) is 3.04. The van der Waals surface area contributed by atoms with Gasteiger partial charge in [-0.05, 0) is 69.6 Å². The number of aromatic nitrogens is 2. The Morgan fingerprint density at radius 1 is 1.18 bits per heavy atom. The Balaban J connectivity index is 0.000000335. The Morgan fingerprint density at radius 3 is 2.41 bits per heavy atom. The summed E-state index contributed by atoms with van der Waals surface area (Å²) in [6, 6.07) is 3.59. The summed E-state index contributed by atoms with van der Waals surface area (Å²) in [5.41, 5.74) is -2.75. The third-order valence-electron chi connectivity index (χ3n) is 7.81. The van der Waals surface area contributed by atoms with Gasteiger partial charge in [-0.3, -0.25) is 14.4 Å². The number of methoxy groups -OCH3 is 1. The maximum atomic E-state index is 13.4. The number of fused-ring (bicyclic) bond motifs is 1. The van der Waals surface area contributed by atoms with Gasteiger partial charge in [-0.2, -0.15) is 5.10 Å². The molecule has 0 radical (unpaired) electrons. The normalized spacial score (nSPS) is 21.9. The lowest BCUT2D eigenvalue weighted by Crippen LogP contribution is -2.59. The van der Waals surface area contributed by atoms with Crippen LogP contribution in [0.15, 0.2) is 29.2 Å². The number of nitrogens with zero attached hydrogens (tertiary/aromatic N) is 2. The average Bonchev–Trinajstić information content (AvgIpc) is 3.42. The van der Waals surface area contributed by atoms with Crippen LogP contribution in [0.1, 0.15) is 74.1 Å². The summed E-state index contributed by atoms with van der Waals surface area (Å²) in [7, 11) is 1.59. The van der Waals surface area contributed by atoms with Crippen molar-refractivity contribution < 1.29 is 33.8 Å². The summed E-state index contributed by atoms with van der Waals surface area (Å²) in [6.45, 7) is 13.0. The number of aromatic amines is 1. The molecule has 2 aromatic rings. The second-order valence-corrected chi connectivity index (χ2v) is 13.4. The highest BCUT2D eigenvalue weighted by Gasteiger charge is 2.61. The number of aliphatic carboxylic acids is 1. The third kappa shape index (κ3) is 8.06. The van der Waals surface area contributed by atoms with Crippen molar-refractivity contribution in [3.8, 4) is 5.75 Å². The van der Waals surface area contributed by atoms with E-state index in [-0.39, 0.29) is 17.4 Å². The summed E-state index contributed by atoms with van der Waals surface area (Å²) in [5, 5.41) is 22.4. The lowest BCUT2D eigenvalue weighted by Gasteiger charge is -2.36. The van der Waals surface area contributed by atoms with Gasteiger partial charge in [0.15, 0.2) is 0 Å². The molecule has 1 aromatic heterocycles. The number of likely N-dealkylation sites (tertiary alicyclic amines) is 1. The van der Waals surface area contributed by atoms with Gasteiger partial charge in [0.05, 0.1) is 18.7 Å². The first-order chi connectivity index (χ1) is 20.4. The van der Waals surface area contributed by atoms with Crippen molar-refractivity contribution in [2.24, 2.45) is 11.3 Å². The van der Waals surface area contributed by atoms with Gasteiger partial charge >= 0.3 is 12.1 Å². The second-order valence-electron chi connectivity index (χ2n) is 13.4. The van der Waals surface area contributed by atoms with Crippen LogP contribution in [-0.4, -0.2) is 81.0 Å². The Labute approximate surface area is 257 Å². The van der Waals surface area contributed by atoms with Crippen molar-refractivity contribution in [3.05, 3.63) is 34.7 Å². The topological polar surface area (TPSA) is 180 Å². The van der Waals surface area contributed by atoms with Gasteiger partial charge in [0, 0.05) is 11.9 Å². The van der Waals surface area contributed by atoms with E-state index in [1.54, 1.807) is 52.3 Å². The van der Waals surface area contributed by atoms with E-state index in [9.17, 15) is 29.1 Å². The van der Waals surface area contributed by atoms with E-state index in [1.807, 2.05) is 27.7 Å². The lowest BCUT2D eigenvalue weighted by molar-refractivity contribution is -0.146. The van der Waals surface area contributed by atoms with Crippen LogP contribution in [0.3, 0.4) is 0 Å². The monoisotopic (exact) mass is 615 g/mol. The molecule has 2 aliphatic rings. The second kappa shape index (κ2) is 13.2. The number of alkyl carbamates (subject to hydrolysis) is 1. The Hall–Kier alpha value is -4.16. The predicted octanol–water partition coefficient (Wildman–Crippen LogP) is 3.22. The first-order valence-electron chi connectivity index (χ1n) is 14.8. The number of amides is 3. The van der Waals surface area contributed by atoms with Crippen LogP contribution in [0.4, 0.5) is 4.79 Å². The van der Waals surface area contributed by atoms with Crippen molar-refractivity contribution in [1.29, 1.82) is 0 Å². The van der Waals surface area contributed by atoms with Crippen LogP contribution in [0.2, 0.25) is 0 Å². The first-order valence-corrected chi connectivity index (χ1v) is 14.8. The smallest absolute Gasteiger partial charge is 0.408 e. The first kappa shape index (κ1) is 34.3. The molecule has 2 heterocycles. The molecule has 44 heavy (non-hydrogen) atoms. The van der Waals surface area contributed by atoms with Gasteiger partial charge in [0.25, 0.3) is 5.56 Å². The van der Waals surface area contributed by atoms with Crippen LogP contribution in [0.25, 0.3) is 10.8 Å². The average molecular weight is 616 g/mol. The molecule has 3 amide bonds. The zero-order valence-electron chi connectivity index (χ0n) is 26.8. The fourth-order valence-corrected chi connectivity index (χ4v) is 5.34. The number of nitrogens with one attached hydrogen (secondary N) is 3. The van der Waals surface area contributed by atoms with Crippen LogP contribution in [-0.2, 0) is 19.1 Å². The van der Waals surface area contributed by atoms with Gasteiger partial charge in [-0.15, -0.1) is 0 Å². The number of carbonyl (C=O) groups is 4. The Morgan fingerprint density at radius 2 is 1.86 bits per heavy atom. The minimum atomic E-state index is -1.23.